The number of aromatic nitrogens is 1. The van der Waals surface area contributed by atoms with Gasteiger partial charge in [-0.25, -0.2) is 0 Å². The predicted molar refractivity (Wildman–Crippen MR) is 34.6 cm³/mol. The van der Waals surface area contributed by atoms with Gasteiger partial charge >= 0.3 is 0 Å². The van der Waals surface area contributed by atoms with Gasteiger partial charge in [-0.15, -0.1) is 0 Å². The summed E-state index contributed by atoms with van der Waals surface area (Å²) >= 11 is 0. The standard InChI is InChI=1S/C6H10N2O/c1-9-8-5-6-3-2-4-7-6/h2-4,7-8H,5H2,1H3. The minimum atomic E-state index is 0.726. The van der Waals surface area contributed by atoms with Gasteiger partial charge in [-0.05, 0) is 12.1 Å². The van der Waals surface area contributed by atoms with Crippen molar-refractivity contribution in [3.8, 4) is 0 Å². The van der Waals surface area contributed by atoms with Crippen molar-refractivity contribution < 1.29 is 4.84 Å². The Bertz CT molecular complexity index is 148. The van der Waals surface area contributed by atoms with Gasteiger partial charge in [-0.1, -0.05) is 0 Å². The molecule has 3 nitrogen and oxygen atoms in total. The van der Waals surface area contributed by atoms with E-state index in [0.29, 0.717) is 0 Å². The molecule has 0 atom stereocenters. The summed E-state index contributed by atoms with van der Waals surface area (Å²) in [6, 6.07) is 3.94. The van der Waals surface area contributed by atoms with Gasteiger partial charge in [0.1, 0.15) is 0 Å². The summed E-state index contributed by atoms with van der Waals surface area (Å²) in [4.78, 5) is 7.67. The topological polar surface area (TPSA) is 37.0 Å². The van der Waals surface area contributed by atoms with Crippen LogP contribution in [0.15, 0.2) is 18.3 Å². The molecule has 0 unspecified atom stereocenters. The monoisotopic (exact) mass is 126 g/mol. The molecule has 0 radical (unpaired) electrons. The molecule has 0 aliphatic carbocycles. The second kappa shape index (κ2) is 3.27. The Morgan fingerprint density at radius 2 is 2.67 bits per heavy atom. The van der Waals surface area contributed by atoms with Crippen molar-refractivity contribution in [1.29, 1.82) is 0 Å². The molecule has 0 saturated heterocycles. The molecule has 0 amide bonds. The lowest BCUT2D eigenvalue weighted by atomic mass is 10.4. The molecular weight excluding hydrogens is 116 g/mol. The normalized spacial score (nSPS) is 9.89. The van der Waals surface area contributed by atoms with Crippen molar-refractivity contribution in [2.75, 3.05) is 7.11 Å². The Kier molecular flexibility index (Phi) is 2.30. The molecule has 1 aromatic rings. The fourth-order valence-corrected chi connectivity index (χ4v) is 0.627. The molecule has 0 saturated carbocycles. The van der Waals surface area contributed by atoms with E-state index in [-0.39, 0.29) is 0 Å². The van der Waals surface area contributed by atoms with Crippen LogP contribution in [0.1, 0.15) is 5.69 Å². The molecule has 0 aliphatic rings. The Labute approximate surface area is 54.0 Å². The molecule has 0 aromatic carbocycles. The number of rotatable bonds is 3. The molecule has 3 heteroatoms. The van der Waals surface area contributed by atoms with Crippen molar-refractivity contribution in [2.45, 2.75) is 6.54 Å². The largest absolute Gasteiger partial charge is 0.364 e. The minimum Gasteiger partial charge on any atom is -0.364 e. The fourth-order valence-electron chi connectivity index (χ4n) is 0.627. The molecule has 0 spiro atoms. The molecule has 1 rings (SSSR count). The van der Waals surface area contributed by atoms with Gasteiger partial charge in [-0.2, -0.15) is 5.48 Å². The third-order valence-electron chi connectivity index (χ3n) is 1.07. The van der Waals surface area contributed by atoms with E-state index >= 15 is 0 Å². The first-order valence-electron chi connectivity index (χ1n) is 2.81. The Hall–Kier alpha value is -0.800. The number of H-pyrrole nitrogens is 1. The van der Waals surface area contributed by atoms with Crippen molar-refractivity contribution in [3.05, 3.63) is 24.0 Å². The van der Waals surface area contributed by atoms with Gasteiger partial charge in [0, 0.05) is 11.9 Å². The number of aromatic amines is 1. The van der Waals surface area contributed by atoms with Gasteiger partial charge in [0.2, 0.25) is 0 Å². The summed E-state index contributed by atoms with van der Waals surface area (Å²) in [5.74, 6) is 0. The summed E-state index contributed by atoms with van der Waals surface area (Å²) in [6.07, 6.45) is 1.88. The average molecular weight is 126 g/mol. The van der Waals surface area contributed by atoms with E-state index in [4.69, 9.17) is 0 Å². The summed E-state index contributed by atoms with van der Waals surface area (Å²) in [5, 5.41) is 0. The zero-order valence-electron chi connectivity index (χ0n) is 5.35. The summed E-state index contributed by atoms with van der Waals surface area (Å²) in [7, 11) is 1.60. The maximum Gasteiger partial charge on any atom is 0.0611 e. The highest BCUT2D eigenvalue weighted by molar-refractivity contribution is 5.02. The fraction of sp³-hybridized carbons (Fsp3) is 0.333. The van der Waals surface area contributed by atoms with Crippen LogP contribution in [-0.4, -0.2) is 12.1 Å². The third kappa shape index (κ3) is 1.87. The van der Waals surface area contributed by atoms with Crippen LogP contribution in [0.2, 0.25) is 0 Å². The third-order valence-corrected chi connectivity index (χ3v) is 1.07. The predicted octanol–water partition coefficient (Wildman–Crippen LogP) is 0.666. The summed E-state index contributed by atoms with van der Waals surface area (Å²) in [6.45, 7) is 0.726. The van der Waals surface area contributed by atoms with Gasteiger partial charge in [-0.3, -0.25) is 0 Å². The summed E-state index contributed by atoms with van der Waals surface area (Å²) in [5.41, 5.74) is 3.84. The van der Waals surface area contributed by atoms with E-state index in [1.807, 2.05) is 18.3 Å². The van der Waals surface area contributed by atoms with Crippen LogP contribution in [0.25, 0.3) is 0 Å². The Morgan fingerprint density at radius 1 is 1.78 bits per heavy atom. The molecule has 0 fully saturated rings. The molecule has 50 valence electrons. The first-order valence-corrected chi connectivity index (χ1v) is 2.81. The summed E-state index contributed by atoms with van der Waals surface area (Å²) < 4.78 is 0. The van der Waals surface area contributed by atoms with Crippen LogP contribution in [-0.2, 0) is 11.4 Å². The van der Waals surface area contributed by atoms with E-state index < -0.39 is 0 Å². The van der Waals surface area contributed by atoms with Crippen molar-refractivity contribution in [2.24, 2.45) is 0 Å². The van der Waals surface area contributed by atoms with E-state index in [9.17, 15) is 0 Å². The van der Waals surface area contributed by atoms with Crippen LogP contribution >= 0.6 is 0 Å². The number of nitrogens with one attached hydrogen (secondary N) is 2. The highest BCUT2D eigenvalue weighted by atomic mass is 16.6. The Balaban J connectivity index is 2.30. The van der Waals surface area contributed by atoms with E-state index in [1.54, 1.807) is 7.11 Å². The molecule has 1 heterocycles. The number of hydrogen-bond acceptors (Lipinski definition) is 2. The molecule has 2 N–H and O–H groups in total. The highest BCUT2D eigenvalue weighted by Gasteiger charge is 1.87. The minimum absolute atomic E-state index is 0.726. The van der Waals surface area contributed by atoms with Crippen LogP contribution < -0.4 is 5.48 Å². The zero-order chi connectivity index (χ0) is 6.53. The lowest BCUT2D eigenvalue weighted by molar-refractivity contribution is 0.0859. The van der Waals surface area contributed by atoms with E-state index in [0.717, 1.165) is 12.2 Å². The lowest BCUT2D eigenvalue weighted by Gasteiger charge is -1.96. The SMILES string of the molecule is CONCc1ccc[nH]1. The highest BCUT2D eigenvalue weighted by Crippen LogP contribution is 1.91. The molecule has 1 aromatic heterocycles. The van der Waals surface area contributed by atoms with Crippen molar-refractivity contribution in [3.63, 3.8) is 0 Å². The first-order chi connectivity index (χ1) is 4.43. The average Bonchev–Trinajstić information content (AvgIpc) is 2.34. The maximum atomic E-state index is 4.65. The second-order valence-corrected chi connectivity index (χ2v) is 1.72. The Morgan fingerprint density at radius 3 is 3.22 bits per heavy atom. The van der Waals surface area contributed by atoms with Crippen LogP contribution in [0, 0.1) is 0 Å². The van der Waals surface area contributed by atoms with E-state index in [1.165, 1.54) is 0 Å². The van der Waals surface area contributed by atoms with Gasteiger partial charge in [0.05, 0.1) is 13.7 Å². The number of hydrogen-bond donors (Lipinski definition) is 2. The smallest absolute Gasteiger partial charge is 0.0611 e. The molecular formula is C6H10N2O. The quantitative estimate of drug-likeness (QED) is 0.584. The van der Waals surface area contributed by atoms with Gasteiger partial charge < -0.3 is 9.82 Å². The lowest BCUT2D eigenvalue weighted by Crippen LogP contribution is -2.10. The van der Waals surface area contributed by atoms with E-state index in [2.05, 4.69) is 15.3 Å². The molecule has 0 bridgehead atoms. The van der Waals surface area contributed by atoms with Gasteiger partial charge in [0.15, 0.2) is 0 Å². The second-order valence-electron chi connectivity index (χ2n) is 1.72. The molecule has 9 heavy (non-hydrogen) atoms. The maximum absolute atomic E-state index is 4.65. The molecule has 0 aliphatic heterocycles. The van der Waals surface area contributed by atoms with Crippen LogP contribution in [0.4, 0.5) is 0 Å². The van der Waals surface area contributed by atoms with Crippen LogP contribution in [0.3, 0.4) is 0 Å². The number of hydroxylamine groups is 1. The van der Waals surface area contributed by atoms with Gasteiger partial charge in [0.25, 0.3) is 0 Å². The zero-order valence-corrected chi connectivity index (χ0v) is 5.35. The van der Waals surface area contributed by atoms with Crippen molar-refractivity contribution >= 4 is 0 Å². The van der Waals surface area contributed by atoms with Crippen LogP contribution in [0.5, 0.6) is 0 Å². The van der Waals surface area contributed by atoms with Crippen molar-refractivity contribution in [1.82, 2.24) is 10.5 Å². The first kappa shape index (κ1) is 6.32.